The zero-order valence-corrected chi connectivity index (χ0v) is 19.7. The molecule has 0 spiro atoms. The first-order chi connectivity index (χ1) is 15.4. The van der Waals surface area contributed by atoms with E-state index < -0.39 is 5.97 Å². The van der Waals surface area contributed by atoms with Gasteiger partial charge in [0.25, 0.3) is 0 Å². The second-order valence-electron chi connectivity index (χ2n) is 8.81. The van der Waals surface area contributed by atoms with Crippen LogP contribution < -0.4 is 10.2 Å². The largest absolute Gasteiger partial charge is 0.481 e. The van der Waals surface area contributed by atoms with Crippen molar-refractivity contribution in [2.45, 2.75) is 32.2 Å². The third kappa shape index (κ3) is 5.63. The van der Waals surface area contributed by atoms with Crippen LogP contribution in [0, 0.1) is 11.8 Å². The molecule has 0 radical (unpaired) electrons. The molecule has 2 fully saturated rings. The number of rotatable bonds is 8. The highest BCUT2D eigenvalue weighted by atomic mass is 35.5. The number of piperidine rings is 1. The number of anilines is 2. The van der Waals surface area contributed by atoms with Crippen molar-refractivity contribution in [1.29, 1.82) is 0 Å². The number of hydrogen-bond donors (Lipinski definition) is 2. The average Bonchev–Trinajstić information content (AvgIpc) is 2.72. The number of likely N-dealkylation sites (tertiary alicyclic amines) is 1. The minimum atomic E-state index is -0.721. The minimum Gasteiger partial charge on any atom is -0.481 e. The quantitative estimate of drug-likeness (QED) is 0.575. The molecule has 3 heterocycles. The first kappa shape index (κ1) is 23.1. The van der Waals surface area contributed by atoms with Gasteiger partial charge in [-0.2, -0.15) is 0 Å². The molecule has 7 nitrogen and oxygen atoms in total. The highest BCUT2D eigenvalue weighted by molar-refractivity contribution is 6.35. The van der Waals surface area contributed by atoms with Crippen molar-refractivity contribution in [3.63, 3.8) is 0 Å². The fourth-order valence-corrected chi connectivity index (χ4v) is 5.23. The van der Waals surface area contributed by atoms with E-state index in [1.165, 1.54) is 6.42 Å². The average molecular weight is 478 g/mol. The second kappa shape index (κ2) is 10.2. The molecule has 1 aromatic carbocycles. The van der Waals surface area contributed by atoms with E-state index in [2.05, 4.69) is 20.1 Å². The van der Waals surface area contributed by atoms with Gasteiger partial charge in [0.05, 0.1) is 24.9 Å². The monoisotopic (exact) mass is 477 g/mol. The molecule has 0 saturated carbocycles. The van der Waals surface area contributed by atoms with Gasteiger partial charge in [0.2, 0.25) is 0 Å². The van der Waals surface area contributed by atoms with Crippen LogP contribution in [0.3, 0.4) is 0 Å². The summed E-state index contributed by atoms with van der Waals surface area (Å²) in [5.74, 6) is 2.10. The molecule has 4 rings (SSSR count). The Morgan fingerprint density at radius 3 is 2.81 bits per heavy atom. The van der Waals surface area contributed by atoms with Crippen molar-refractivity contribution in [3.8, 4) is 0 Å². The molecule has 172 valence electrons. The summed E-state index contributed by atoms with van der Waals surface area (Å²) in [5, 5.41) is 13.6. The molecular formula is C23H29Cl2N5O2. The van der Waals surface area contributed by atoms with Gasteiger partial charge < -0.3 is 20.2 Å². The maximum Gasteiger partial charge on any atom is 0.304 e. The third-order valence-corrected chi connectivity index (χ3v) is 7.06. The van der Waals surface area contributed by atoms with E-state index in [0.717, 1.165) is 44.0 Å². The zero-order chi connectivity index (χ0) is 22.7. The summed E-state index contributed by atoms with van der Waals surface area (Å²) in [6.07, 6.45) is 6.11. The number of carboxylic acids is 1. The van der Waals surface area contributed by atoms with Gasteiger partial charge in [-0.3, -0.25) is 9.78 Å². The number of benzene rings is 1. The van der Waals surface area contributed by atoms with Crippen LogP contribution >= 0.6 is 23.2 Å². The normalized spacial score (nSPS) is 20.6. The van der Waals surface area contributed by atoms with E-state index >= 15 is 0 Å². The summed E-state index contributed by atoms with van der Waals surface area (Å²) < 4.78 is 0. The number of carbonyl (C=O) groups is 1. The Hall–Kier alpha value is -2.09. The molecule has 1 aromatic heterocycles. The Morgan fingerprint density at radius 1 is 1.25 bits per heavy atom. The fraction of sp³-hybridized carbons (Fsp3) is 0.522. The van der Waals surface area contributed by atoms with Gasteiger partial charge in [0.15, 0.2) is 0 Å². The molecule has 2 aromatic rings. The summed E-state index contributed by atoms with van der Waals surface area (Å²) in [6, 6.07) is 5.46. The number of halogens is 2. The molecular weight excluding hydrogens is 449 g/mol. The van der Waals surface area contributed by atoms with Gasteiger partial charge in [-0.25, -0.2) is 4.98 Å². The molecule has 2 aliphatic rings. The molecule has 0 unspecified atom stereocenters. The molecule has 2 saturated heterocycles. The van der Waals surface area contributed by atoms with Gasteiger partial charge in [0.1, 0.15) is 11.6 Å². The predicted molar refractivity (Wildman–Crippen MR) is 128 cm³/mol. The Labute approximate surface area is 198 Å². The SMILES string of the molecule is C[C@@H](Nc1cncc(N2CC([C@@H]3CCCN(CCC(=O)O)C3)C2)n1)c1ccc(Cl)cc1Cl. The Morgan fingerprint density at radius 2 is 2.06 bits per heavy atom. The van der Waals surface area contributed by atoms with Crippen LogP contribution in [0.2, 0.25) is 10.0 Å². The lowest BCUT2D eigenvalue weighted by atomic mass is 9.80. The smallest absolute Gasteiger partial charge is 0.304 e. The van der Waals surface area contributed by atoms with Gasteiger partial charge >= 0.3 is 5.97 Å². The van der Waals surface area contributed by atoms with Crippen LogP contribution in [-0.4, -0.2) is 58.7 Å². The molecule has 2 atom stereocenters. The van der Waals surface area contributed by atoms with Gasteiger partial charge in [-0.15, -0.1) is 0 Å². The Bertz CT molecular complexity index is 954. The zero-order valence-electron chi connectivity index (χ0n) is 18.2. The number of carboxylic acid groups (broad SMARTS) is 1. The number of hydrogen-bond acceptors (Lipinski definition) is 6. The number of aromatic nitrogens is 2. The maximum atomic E-state index is 10.9. The van der Waals surface area contributed by atoms with E-state index in [0.29, 0.717) is 34.2 Å². The van der Waals surface area contributed by atoms with Crippen molar-refractivity contribution in [3.05, 3.63) is 46.2 Å². The molecule has 0 bridgehead atoms. The van der Waals surface area contributed by atoms with Crippen LogP contribution in [-0.2, 0) is 4.79 Å². The fourth-order valence-electron chi connectivity index (χ4n) is 4.66. The second-order valence-corrected chi connectivity index (χ2v) is 9.65. The summed E-state index contributed by atoms with van der Waals surface area (Å²) in [6.45, 7) is 6.62. The lowest BCUT2D eigenvalue weighted by Gasteiger charge is -2.47. The Balaban J connectivity index is 1.31. The van der Waals surface area contributed by atoms with Crippen LogP contribution in [0.25, 0.3) is 0 Å². The van der Waals surface area contributed by atoms with Gasteiger partial charge in [-0.1, -0.05) is 29.3 Å². The minimum absolute atomic E-state index is 0.0347. The van der Waals surface area contributed by atoms with E-state index in [9.17, 15) is 4.79 Å². The molecule has 32 heavy (non-hydrogen) atoms. The summed E-state index contributed by atoms with van der Waals surface area (Å²) in [4.78, 5) is 24.6. The van der Waals surface area contributed by atoms with E-state index in [1.54, 1.807) is 18.5 Å². The number of nitrogens with zero attached hydrogens (tertiary/aromatic N) is 4. The first-order valence-corrected chi connectivity index (χ1v) is 11.9. The van der Waals surface area contributed by atoms with Crippen molar-refractivity contribution in [1.82, 2.24) is 14.9 Å². The van der Waals surface area contributed by atoms with Crippen LogP contribution in [0.15, 0.2) is 30.6 Å². The highest BCUT2D eigenvalue weighted by Gasteiger charge is 2.36. The van der Waals surface area contributed by atoms with Crippen molar-refractivity contribution >= 4 is 40.8 Å². The van der Waals surface area contributed by atoms with Crippen LogP contribution in [0.5, 0.6) is 0 Å². The highest BCUT2D eigenvalue weighted by Crippen LogP contribution is 2.34. The van der Waals surface area contributed by atoms with E-state index in [1.807, 2.05) is 19.1 Å². The van der Waals surface area contributed by atoms with Crippen LogP contribution in [0.1, 0.15) is 37.8 Å². The molecule has 0 amide bonds. The van der Waals surface area contributed by atoms with Gasteiger partial charge in [-0.05, 0) is 55.8 Å². The molecule has 9 heteroatoms. The van der Waals surface area contributed by atoms with Crippen molar-refractivity contribution in [2.75, 3.05) is 42.9 Å². The third-order valence-electron chi connectivity index (χ3n) is 6.50. The van der Waals surface area contributed by atoms with E-state index in [4.69, 9.17) is 33.3 Å². The summed E-state index contributed by atoms with van der Waals surface area (Å²) in [7, 11) is 0. The summed E-state index contributed by atoms with van der Waals surface area (Å²) in [5.41, 5.74) is 0.956. The van der Waals surface area contributed by atoms with E-state index in [-0.39, 0.29) is 12.5 Å². The Kier molecular flexibility index (Phi) is 7.38. The van der Waals surface area contributed by atoms with Crippen molar-refractivity contribution < 1.29 is 9.90 Å². The topological polar surface area (TPSA) is 81.6 Å². The van der Waals surface area contributed by atoms with Gasteiger partial charge in [0, 0.05) is 36.2 Å². The standard InChI is InChI=1S/C23H29Cl2N5O2/c1-15(19-5-4-18(24)9-20(19)25)27-21-10-26-11-22(28-21)30-13-17(14-30)16-3-2-7-29(12-16)8-6-23(31)32/h4-5,9-11,15-17H,2-3,6-8,12-14H2,1H3,(H,27,28)(H,31,32)/t15-,16-/m1/s1. The lowest BCUT2D eigenvalue weighted by Crippen LogP contribution is -2.54. The number of nitrogens with one attached hydrogen (secondary N) is 1. The predicted octanol–water partition coefficient (Wildman–Crippen LogP) is 4.58. The number of aliphatic carboxylic acids is 1. The van der Waals surface area contributed by atoms with Crippen molar-refractivity contribution in [2.24, 2.45) is 11.8 Å². The van der Waals surface area contributed by atoms with Crippen LogP contribution in [0.4, 0.5) is 11.6 Å². The summed E-state index contributed by atoms with van der Waals surface area (Å²) >= 11 is 12.3. The lowest BCUT2D eigenvalue weighted by molar-refractivity contribution is -0.137. The first-order valence-electron chi connectivity index (χ1n) is 11.1. The molecule has 0 aliphatic carbocycles. The molecule has 2 aliphatic heterocycles. The maximum absolute atomic E-state index is 10.9. The molecule has 2 N–H and O–H groups in total.